The minimum absolute atomic E-state index is 0. The predicted octanol–water partition coefficient (Wildman–Crippen LogP) is 5.76. The maximum absolute atomic E-state index is 4.99. The lowest BCUT2D eigenvalue weighted by Crippen LogP contribution is -2.31. The Kier molecular flexibility index (Phi) is 6.50. The Morgan fingerprint density at radius 2 is 1.60 bits per heavy atom. The van der Waals surface area contributed by atoms with E-state index in [9.17, 15) is 0 Å². The summed E-state index contributed by atoms with van der Waals surface area (Å²) >= 11 is 1.86. The Labute approximate surface area is 161 Å². The topological polar surface area (TPSA) is 16.1 Å². The Morgan fingerprint density at radius 1 is 0.960 bits per heavy atom. The van der Waals surface area contributed by atoms with E-state index in [0.717, 1.165) is 17.1 Å². The number of hydrogen-bond acceptors (Lipinski definition) is 3. The van der Waals surface area contributed by atoms with Gasteiger partial charge in [0.1, 0.15) is 5.03 Å². The van der Waals surface area contributed by atoms with Gasteiger partial charge in [0.2, 0.25) is 0 Å². The van der Waals surface area contributed by atoms with Crippen LogP contribution >= 0.6 is 24.2 Å². The van der Waals surface area contributed by atoms with E-state index in [0.29, 0.717) is 0 Å². The van der Waals surface area contributed by atoms with Gasteiger partial charge in [-0.15, -0.1) is 12.4 Å². The highest BCUT2D eigenvalue weighted by atomic mass is 35.5. The molecular formula is C21H25ClN2S. The second kappa shape index (κ2) is 8.22. The second-order valence-corrected chi connectivity index (χ2v) is 8.70. The molecule has 1 aromatic heterocycles. The van der Waals surface area contributed by atoms with Crippen LogP contribution < -0.4 is 0 Å². The molecule has 0 saturated carbocycles. The molecule has 0 N–H and O–H groups in total. The van der Waals surface area contributed by atoms with Crippen LogP contribution in [0, 0.1) is 0 Å². The van der Waals surface area contributed by atoms with Gasteiger partial charge in [0.05, 0.1) is 5.52 Å². The molecule has 0 spiro atoms. The third-order valence-corrected chi connectivity index (χ3v) is 5.03. The van der Waals surface area contributed by atoms with Gasteiger partial charge in [-0.25, -0.2) is 4.98 Å². The van der Waals surface area contributed by atoms with Gasteiger partial charge in [-0.1, -0.05) is 60.3 Å². The maximum atomic E-state index is 4.99. The van der Waals surface area contributed by atoms with Crippen LogP contribution in [0.2, 0.25) is 0 Å². The van der Waals surface area contributed by atoms with E-state index < -0.39 is 0 Å². The molecule has 3 aromatic rings. The highest BCUT2D eigenvalue weighted by Crippen LogP contribution is 2.39. The average Bonchev–Trinajstić information content (AvgIpc) is 2.53. The van der Waals surface area contributed by atoms with Crippen molar-refractivity contribution in [1.29, 1.82) is 0 Å². The minimum atomic E-state index is 0. The molecule has 2 aromatic carbocycles. The van der Waals surface area contributed by atoms with Crippen LogP contribution in [0.4, 0.5) is 0 Å². The van der Waals surface area contributed by atoms with Crippen LogP contribution in [0.5, 0.6) is 0 Å². The molecule has 0 atom stereocenters. The largest absolute Gasteiger partial charge is 0.308 e. The molecular weight excluding hydrogens is 348 g/mol. The second-order valence-electron chi connectivity index (χ2n) is 7.00. The first-order valence-corrected chi connectivity index (χ1v) is 9.05. The molecule has 0 radical (unpaired) electrons. The van der Waals surface area contributed by atoms with Gasteiger partial charge in [0.25, 0.3) is 0 Å². The lowest BCUT2D eigenvalue weighted by molar-refractivity contribution is 0.373. The Hall–Kier alpha value is -1.55. The fourth-order valence-corrected chi connectivity index (χ4v) is 4.33. The fourth-order valence-electron chi connectivity index (χ4n) is 3.06. The Morgan fingerprint density at radius 3 is 2.28 bits per heavy atom. The highest BCUT2D eigenvalue weighted by molar-refractivity contribution is 8.00. The van der Waals surface area contributed by atoms with E-state index in [1.807, 2.05) is 11.8 Å². The van der Waals surface area contributed by atoms with E-state index in [1.54, 1.807) is 0 Å². The van der Waals surface area contributed by atoms with Gasteiger partial charge in [-0.3, -0.25) is 0 Å². The molecule has 0 amide bonds. The molecule has 0 aliphatic carbocycles. The van der Waals surface area contributed by atoms with Gasteiger partial charge in [0, 0.05) is 22.2 Å². The van der Waals surface area contributed by atoms with Crippen LogP contribution in [-0.4, -0.2) is 35.3 Å². The third-order valence-electron chi connectivity index (χ3n) is 3.84. The molecule has 2 nitrogen and oxygen atoms in total. The van der Waals surface area contributed by atoms with E-state index in [-0.39, 0.29) is 17.2 Å². The zero-order valence-electron chi connectivity index (χ0n) is 15.2. The number of aromatic nitrogens is 1. The number of rotatable bonds is 5. The number of pyridine rings is 1. The van der Waals surface area contributed by atoms with Gasteiger partial charge < -0.3 is 4.90 Å². The number of halogens is 1. The quantitative estimate of drug-likeness (QED) is 0.530. The number of fused-ring (bicyclic) bond motifs is 1. The van der Waals surface area contributed by atoms with Crippen molar-refractivity contribution in [1.82, 2.24) is 9.88 Å². The maximum Gasteiger partial charge on any atom is 0.105 e. The summed E-state index contributed by atoms with van der Waals surface area (Å²) in [6, 6.07) is 21.2. The first-order valence-electron chi connectivity index (χ1n) is 8.24. The molecule has 1 heterocycles. The van der Waals surface area contributed by atoms with E-state index in [4.69, 9.17) is 4.98 Å². The Bertz CT molecular complexity index is 832. The summed E-state index contributed by atoms with van der Waals surface area (Å²) < 4.78 is 0.0858. The minimum Gasteiger partial charge on any atom is -0.308 e. The molecule has 0 bridgehead atoms. The standard InChI is InChI=1S/C21H24N2S.ClH/c1-21(2,15-23(3)4)24-20-18(16-10-6-5-7-11-16)14-17-12-8-9-13-19(17)22-20;/h5-14H,15H2,1-4H3;1H. The van der Waals surface area contributed by atoms with E-state index in [2.05, 4.69) is 93.5 Å². The molecule has 0 unspecified atom stereocenters. The normalized spacial score (nSPS) is 11.6. The first-order chi connectivity index (χ1) is 11.4. The van der Waals surface area contributed by atoms with Crippen LogP contribution in [0.1, 0.15) is 13.8 Å². The van der Waals surface area contributed by atoms with Crippen LogP contribution in [0.15, 0.2) is 65.7 Å². The van der Waals surface area contributed by atoms with Crippen LogP contribution in [-0.2, 0) is 0 Å². The zero-order valence-corrected chi connectivity index (χ0v) is 16.8. The fraction of sp³-hybridized carbons (Fsp3) is 0.286. The molecule has 4 heteroatoms. The van der Waals surface area contributed by atoms with Crippen molar-refractivity contribution >= 4 is 35.1 Å². The van der Waals surface area contributed by atoms with Crippen molar-refractivity contribution < 1.29 is 0 Å². The zero-order chi connectivity index (χ0) is 17.2. The summed E-state index contributed by atoms with van der Waals surface area (Å²) in [5.41, 5.74) is 3.49. The summed E-state index contributed by atoms with van der Waals surface area (Å²) in [5, 5.41) is 2.29. The molecule has 0 saturated heterocycles. The summed E-state index contributed by atoms with van der Waals surface area (Å²) in [6.45, 7) is 5.56. The number of thioether (sulfide) groups is 1. The number of hydrogen-bond donors (Lipinski definition) is 0. The number of benzene rings is 2. The first kappa shape index (κ1) is 19.8. The van der Waals surface area contributed by atoms with Gasteiger partial charge in [-0.2, -0.15) is 0 Å². The monoisotopic (exact) mass is 372 g/mol. The average molecular weight is 373 g/mol. The van der Waals surface area contributed by atoms with Crippen molar-refractivity contribution in [3.05, 3.63) is 60.7 Å². The van der Waals surface area contributed by atoms with Crippen molar-refractivity contribution in [2.75, 3.05) is 20.6 Å². The molecule has 3 rings (SSSR count). The molecule has 132 valence electrons. The molecule has 25 heavy (non-hydrogen) atoms. The van der Waals surface area contributed by atoms with E-state index >= 15 is 0 Å². The summed E-state index contributed by atoms with van der Waals surface area (Å²) in [4.78, 5) is 7.22. The van der Waals surface area contributed by atoms with Crippen molar-refractivity contribution in [2.45, 2.75) is 23.6 Å². The van der Waals surface area contributed by atoms with Gasteiger partial charge >= 0.3 is 0 Å². The SMILES string of the molecule is CN(C)CC(C)(C)Sc1nc2ccccc2cc1-c1ccccc1.Cl. The van der Waals surface area contributed by atoms with Crippen molar-refractivity contribution in [2.24, 2.45) is 0 Å². The van der Waals surface area contributed by atoms with Crippen molar-refractivity contribution in [3.8, 4) is 11.1 Å². The van der Waals surface area contributed by atoms with Gasteiger partial charge in [-0.05, 0) is 45.6 Å². The number of nitrogens with zero attached hydrogens (tertiary/aromatic N) is 2. The lowest BCUT2D eigenvalue weighted by atomic mass is 10.1. The van der Waals surface area contributed by atoms with Crippen LogP contribution in [0.25, 0.3) is 22.0 Å². The molecule has 0 aliphatic heterocycles. The smallest absolute Gasteiger partial charge is 0.105 e. The summed E-state index contributed by atoms with van der Waals surface area (Å²) in [5.74, 6) is 0. The summed E-state index contributed by atoms with van der Waals surface area (Å²) in [6.07, 6.45) is 0. The molecule has 0 fully saturated rings. The summed E-state index contributed by atoms with van der Waals surface area (Å²) in [7, 11) is 4.24. The van der Waals surface area contributed by atoms with E-state index in [1.165, 1.54) is 16.5 Å². The third kappa shape index (κ3) is 4.97. The predicted molar refractivity (Wildman–Crippen MR) is 113 cm³/mol. The lowest BCUT2D eigenvalue weighted by Gasteiger charge is -2.28. The highest BCUT2D eigenvalue weighted by Gasteiger charge is 2.23. The Balaban J connectivity index is 0.00000225. The number of para-hydroxylation sites is 1. The molecule has 0 aliphatic rings. The van der Waals surface area contributed by atoms with Crippen LogP contribution in [0.3, 0.4) is 0 Å². The van der Waals surface area contributed by atoms with Gasteiger partial charge in [0.15, 0.2) is 0 Å². The van der Waals surface area contributed by atoms with Crippen molar-refractivity contribution in [3.63, 3.8) is 0 Å².